The summed E-state index contributed by atoms with van der Waals surface area (Å²) in [7, 11) is 0. The lowest BCUT2D eigenvalue weighted by Gasteiger charge is -2.30. The zero-order valence-electron chi connectivity index (χ0n) is 22.2. The highest BCUT2D eigenvalue weighted by atomic mass is 32.1. The van der Waals surface area contributed by atoms with Crippen LogP contribution in [0.25, 0.3) is 0 Å². The number of carbonyl (C=O) groups excluding carboxylic acids is 2. The minimum atomic E-state index is -0.335. The summed E-state index contributed by atoms with van der Waals surface area (Å²) in [6, 6.07) is 7.43. The third-order valence-corrected chi connectivity index (χ3v) is 7.60. The van der Waals surface area contributed by atoms with E-state index < -0.39 is 0 Å². The number of aromatic nitrogens is 1. The molecule has 210 valence electrons. The van der Waals surface area contributed by atoms with Gasteiger partial charge in [-0.1, -0.05) is 36.5 Å². The van der Waals surface area contributed by atoms with Crippen LogP contribution in [0.3, 0.4) is 0 Å². The molecule has 0 bridgehead atoms. The molecule has 10 heteroatoms. The van der Waals surface area contributed by atoms with Gasteiger partial charge in [-0.2, -0.15) is 0 Å². The second-order valence-electron chi connectivity index (χ2n) is 10.8. The van der Waals surface area contributed by atoms with Crippen molar-refractivity contribution in [3.8, 4) is 0 Å². The molecule has 0 unspecified atom stereocenters. The summed E-state index contributed by atoms with van der Waals surface area (Å²) in [5.74, 6) is -0.108. The Bertz CT molecular complexity index is 1130. The number of aryl methyl sites for hydroxylation is 1. The van der Waals surface area contributed by atoms with Crippen LogP contribution in [0.1, 0.15) is 69.7 Å². The number of carbonyl (C=O) groups is 2. The van der Waals surface area contributed by atoms with Crippen LogP contribution < -0.4 is 10.6 Å². The maximum atomic E-state index is 13.5. The molecule has 38 heavy (non-hydrogen) atoms. The summed E-state index contributed by atoms with van der Waals surface area (Å²) < 4.78 is 5.44. The lowest BCUT2D eigenvalue weighted by Crippen LogP contribution is -2.43. The lowest BCUT2D eigenvalue weighted by atomic mass is 10.1. The summed E-state index contributed by atoms with van der Waals surface area (Å²) in [6.07, 6.45) is 2.80. The number of likely N-dealkylation sites (tertiary alicyclic amines) is 1. The van der Waals surface area contributed by atoms with Crippen molar-refractivity contribution < 1.29 is 15.8 Å². The molecule has 2 aromatic rings. The normalized spacial score (nSPS) is 18.1. The Kier molecular flexibility index (Phi) is 10.0. The zero-order valence-corrected chi connectivity index (χ0v) is 23.0. The van der Waals surface area contributed by atoms with Gasteiger partial charge in [0.1, 0.15) is 16.4 Å². The SMILES string of the molecule is C.Cc1ccc(C(=O)Nc2nc(NC(C)(C)C)c(C(=N)C(=O)N3CCC[C@H]3CCN3CCOCC3)s2)cc1.[HH]. The minimum absolute atomic E-state index is 0. The van der Waals surface area contributed by atoms with Crippen LogP contribution >= 0.6 is 11.3 Å². The van der Waals surface area contributed by atoms with E-state index in [0.29, 0.717) is 27.9 Å². The monoisotopic (exact) mass is 544 g/mol. The highest BCUT2D eigenvalue weighted by molar-refractivity contribution is 7.19. The third kappa shape index (κ3) is 7.61. The molecule has 9 nitrogen and oxygen atoms in total. The van der Waals surface area contributed by atoms with E-state index in [4.69, 9.17) is 10.1 Å². The van der Waals surface area contributed by atoms with E-state index in [1.54, 1.807) is 12.1 Å². The number of hydrogen-bond acceptors (Lipinski definition) is 8. The molecule has 4 rings (SSSR count). The number of nitrogens with zero attached hydrogens (tertiary/aromatic N) is 3. The molecule has 0 saturated carbocycles. The lowest BCUT2D eigenvalue weighted by molar-refractivity contribution is -0.125. The van der Waals surface area contributed by atoms with Gasteiger partial charge in [0.25, 0.3) is 11.8 Å². The van der Waals surface area contributed by atoms with Crippen LogP contribution in [0.4, 0.5) is 10.9 Å². The number of benzene rings is 1. The first-order chi connectivity index (χ1) is 17.6. The molecule has 3 N–H and O–H groups in total. The highest BCUT2D eigenvalue weighted by Crippen LogP contribution is 2.32. The van der Waals surface area contributed by atoms with E-state index >= 15 is 0 Å². The number of nitrogens with one attached hydrogen (secondary N) is 3. The molecule has 0 aliphatic carbocycles. The van der Waals surface area contributed by atoms with E-state index in [-0.39, 0.29) is 38.0 Å². The summed E-state index contributed by atoms with van der Waals surface area (Å²) in [5, 5.41) is 15.4. The molecule has 1 aromatic heterocycles. The average Bonchev–Trinajstić information content (AvgIpc) is 3.48. The Morgan fingerprint density at radius 1 is 1.18 bits per heavy atom. The Balaban J connectivity index is 0.00000267. The minimum Gasteiger partial charge on any atom is -0.379 e. The molecule has 2 aliphatic rings. The van der Waals surface area contributed by atoms with Gasteiger partial charge in [-0.3, -0.25) is 25.2 Å². The van der Waals surface area contributed by atoms with Gasteiger partial charge >= 0.3 is 0 Å². The molecule has 2 aliphatic heterocycles. The number of thiazole rings is 1. The van der Waals surface area contributed by atoms with Gasteiger partial charge in [-0.05, 0) is 59.1 Å². The molecule has 2 saturated heterocycles. The first-order valence-electron chi connectivity index (χ1n) is 13.0. The molecular formula is C28H44N6O3S. The van der Waals surface area contributed by atoms with Crippen molar-refractivity contribution >= 4 is 39.8 Å². The molecule has 2 fully saturated rings. The van der Waals surface area contributed by atoms with Crippen molar-refractivity contribution in [3.05, 3.63) is 40.3 Å². The van der Waals surface area contributed by atoms with Crippen LogP contribution in [0.15, 0.2) is 24.3 Å². The first-order valence-corrected chi connectivity index (χ1v) is 13.8. The van der Waals surface area contributed by atoms with E-state index in [1.807, 2.05) is 44.7 Å². The Labute approximate surface area is 232 Å². The van der Waals surface area contributed by atoms with Gasteiger partial charge in [0.05, 0.1) is 13.2 Å². The highest BCUT2D eigenvalue weighted by Gasteiger charge is 2.34. The Morgan fingerprint density at radius 3 is 2.53 bits per heavy atom. The fraction of sp³-hybridized carbons (Fsp3) is 0.571. The third-order valence-electron chi connectivity index (χ3n) is 6.62. The van der Waals surface area contributed by atoms with E-state index in [2.05, 4.69) is 20.5 Å². The van der Waals surface area contributed by atoms with E-state index in [1.165, 1.54) is 0 Å². The summed E-state index contributed by atoms with van der Waals surface area (Å²) in [4.78, 5) is 35.6. The Morgan fingerprint density at radius 2 is 1.87 bits per heavy atom. The van der Waals surface area contributed by atoms with Crippen LogP contribution in [0, 0.1) is 12.3 Å². The fourth-order valence-electron chi connectivity index (χ4n) is 4.66. The van der Waals surface area contributed by atoms with Crippen molar-refractivity contribution in [1.82, 2.24) is 14.8 Å². The topological polar surface area (TPSA) is 111 Å². The maximum absolute atomic E-state index is 13.5. The van der Waals surface area contributed by atoms with E-state index in [0.717, 1.165) is 69.0 Å². The van der Waals surface area contributed by atoms with Gasteiger partial charge in [-0.15, -0.1) is 0 Å². The number of morpholine rings is 1. The molecule has 3 heterocycles. The molecular weight excluding hydrogens is 500 g/mol. The molecule has 0 spiro atoms. The smallest absolute Gasteiger partial charge is 0.273 e. The standard InChI is InChI=1S/C27H38N6O3S.CH4.H2/c1-18-7-9-19(10-8-18)24(34)30-26-29-23(31-27(2,3)4)22(37-26)21(28)25(35)33-12-5-6-20(33)11-13-32-14-16-36-17-15-32;;/h7-10,20,28,31H,5-6,11-17H2,1-4H3,(H,29,30,34);1H4;1H/t20-;;/m0../s1. The van der Waals surface area contributed by atoms with Crippen molar-refractivity contribution in [2.75, 3.05) is 50.0 Å². The van der Waals surface area contributed by atoms with Crippen LogP contribution in [0.2, 0.25) is 0 Å². The van der Waals surface area contributed by atoms with Gasteiger partial charge in [-0.25, -0.2) is 4.98 Å². The number of rotatable bonds is 8. The Hall–Kier alpha value is -2.82. The van der Waals surface area contributed by atoms with Gasteiger partial charge in [0.2, 0.25) is 0 Å². The second kappa shape index (κ2) is 12.8. The number of amides is 2. The largest absolute Gasteiger partial charge is 0.379 e. The molecule has 2 amide bonds. The van der Waals surface area contributed by atoms with Gasteiger partial charge in [0, 0.05) is 44.7 Å². The predicted octanol–water partition coefficient (Wildman–Crippen LogP) is 4.88. The maximum Gasteiger partial charge on any atom is 0.273 e. The summed E-state index contributed by atoms with van der Waals surface area (Å²) in [5.41, 5.74) is 1.18. The van der Waals surface area contributed by atoms with E-state index in [9.17, 15) is 9.59 Å². The number of anilines is 2. The zero-order chi connectivity index (χ0) is 26.6. The molecule has 1 aromatic carbocycles. The summed E-state index contributed by atoms with van der Waals surface area (Å²) in [6.45, 7) is 12.9. The van der Waals surface area contributed by atoms with Crippen molar-refractivity contribution in [2.24, 2.45) is 0 Å². The summed E-state index contributed by atoms with van der Waals surface area (Å²) >= 11 is 1.16. The van der Waals surface area contributed by atoms with Gasteiger partial charge < -0.3 is 15.0 Å². The fourth-order valence-corrected chi connectivity index (χ4v) is 5.51. The number of ether oxygens (including phenoxy) is 1. The molecule has 1 atom stereocenters. The number of hydrogen-bond donors (Lipinski definition) is 3. The quantitative estimate of drug-likeness (QED) is 0.409. The molecule has 0 radical (unpaired) electrons. The van der Waals surface area contributed by atoms with Crippen molar-refractivity contribution in [2.45, 2.75) is 66.0 Å². The predicted molar refractivity (Wildman–Crippen MR) is 157 cm³/mol. The van der Waals surface area contributed by atoms with Gasteiger partial charge in [0.15, 0.2) is 5.13 Å². The van der Waals surface area contributed by atoms with Crippen LogP contribution in [-0.2, 0) is 9.53 Å². The first kappa shape index (κ1) is 29.7. The van der Waals surface area contributed by atoms with Crippen LogP contribution in [0.5, 0.6) is 0 Å². The van der Waals surface area contributed by atoms with Crippen molar-refractivity contribution in [1.29, 1.82) is 5.41 Å². The second-order valence-corrected chi connectivity index (χ2v) is 11.8. The van der Waals surface area contributed by atoms with Crippen LogP contribution in [-0.4, -0.2) is 83.3 Å². The van der Waals surface area contributed by atoms with Crippen molar-refractivity contribution in [3.63, 3.8) is 0 Å². The average molecular weight is 545 g/mol.